The molecule has 7 heteroatoms. The van der Waals surface area contributed by atoms with Crippen molar-refractivity contribution in [2.75, 3.05) is 27.3 Å². The van der Waals surface area contributed by atoms with Gasteiger partial charge >= 0.3 is 0 Å². The van der Waals surface area contributed by atoms with Gasteiger partial charge in [-0.1, -0.05) is 12.1 Å². The van der Waals surface area contributed by atoms with Crippen molar-refractivity contribution in [3.63, 3.8) is 0 Å². The van der Waals surface area contributed by atoms with E-state index in [0.29, 0.717) is 11.8 Å². The average Bonchev–Trinajstić information content (AvgIpc) is 3.01. The Morgan fingerprint density at radius 1 is 1.36 bits per heavy atom. The van der Waals surface area contributed by atoms with Crippen molar-refractivity contribution in [1.82, 2.24) is 20.2 Å². The number of para-hydroxylation sites is 1. The Hall–Kier alpha value is -2.25. The molecule has 1 amide bonds. The Bertz CT molecular complexity index is 777. The van der Waals surface area contributed by atoms with Crippen LogP contribution in [0.2, 0.25) is 0 Å². The van der Waals surface area contributed by atoms with Gasteiger partial charge in [0.15, 0.2) is 6.61 Å². The molecule has 1 N–H and O–H groups in total. The monoisotopic (exact) mass is 342 g/mol. The second kappa shape index (κ2) is 6.57. The van der Waals surface area contributed by atoms with Gasteiger partial charge in [0, 0.05) is 12.5 Å². The highest BCUT2D eigenvalue weighted by molar-refractivity contribution is 5.84. The van der Waals surface area contributed by atoms with E-state index in [-0.39, 0.29) is 30.7 Å². The molecule has 2 aliphatic rings. The fraction of sp³-hybridized carbons (Fsp3) is 0.500. The van der Waals surface area contributed by atoms with E-state index in [0.717, 1.165) is 23.9 Å². The van der Waals surface area contributed by atoms with Crippen molar-refractivity contribution in [2.24, 2.45) is 5.92 Å². The van der Waals surface area contributed by atoms with Gasteiger partial charge in [-0.15, -0.1) is 0 Å². The number of ether oxygens (including phenoxy) is 2. The minimum absolute atomic E-state index is 0.0596. The molecule has 0 unspecified atom stereocenters. The lowest BCUT2D eigenvalue weighted by Crippen LogP contribution is -2.70. The number of hydrogen-bond donors (Lipinski definition) is 1. The minimum Gasteiger partial charge on any atom is -0.467 e. The van der Waals surface area contributed by atoms with Gasteiger partial charge < -0.3 is 19.7 Å². The first-order chi connectivity index (χ1) is 12.1. The second-order valence-electron chi connectivity index (χ2n) is 6.82. The van der Waals surface area contributed by atoms with Crippen molar-refractivity contribution in [1.29, 1.82) is 0 Å². The summed E-state index contributed by atoms with van der Waals surface area (Å²) in [7, 11) is 4.04. The normalized spacial score (nSPS) is 27.8. The number of aromatic nitrogens is 2. The highest BCUT2D eigenvalue weighted by Gasteiger charge is 2.55. The predicted molar refractivity (Wildman–Crippen MR) is 92.3 cm³/mol. The zero-order chi connectivity index (χ0) is 17.4. The van der Waals surface area contributed by atoms with Crippen LogP contribution in [0, 0.1) is 5.92 Å². The van der Waals surface area contributed by atoms with Crippen molar-refractivity contribution in [3.8, 4) is 5.88 Å². The molecule has 25 heavy (non-hydrogen) atoms. The molecule has 1 aliphatic heterocycles. The number of likely N-dealkylation sites (N-methyl/N-ethyl adjacent to an activating group) is 1. The van der Waals surface area contributed by atoms with Gasteiger partial charge in [0.05, 0.1) is 29.1 Å². The highest BCUT2D eigenvalue weighted by Crippen LogP contribution is 2.41. The third-order valence-corrected chi connectivity index (χ3v) is 5.12. The summed E-state index contributed by atoms with van der Waals surface area (Å²) in [4.78, 5) is 22.8. The smallest absolute Gasteiger partial charge is 0.258 e. The number of benzene rings is 1. The van der Waals surface area contributed by atoms with E-state index in [4.69, 9.17) is 9.47 Å². The standard InChI is InChI=1S/C18H22N4O3/c1-22(2)16-15(12-7-8-24-17(12)16)21-14(23)9-25-18-11-5-3-4-6-13(11)19-10-20-18/h3-6,10,12,15-17H,7-9H2,1-2H3,(H,21,23)/t12-,15+,16-,17-/m1/s1. The maximum atomic E-state index is 12.4. The van der Waals surface area contributed by atoms with Gasteiger partial charge in [0.25, 0.3) is 5.91 Å². The van der Waals surface area contributed by atoms with Crippen LogP contribution in [0.1, 0.15) is 6.42 Å². The number of carbonyl (C=O) groups is 1. The van der Waals surface area contributed by atoms with Crippen LogP contribution in [0.5, 0.6) is 5.88 Å². The Kier molecular flexibility index (Phi) is 4.27. The van der Waals surface area contributed by atoms with Crippen molar-refractivity contribution in [2.45, 2.75) is 24.6 Å². The zero-order valence-corrected chi connectivity index (χ0v) is 14.4. The maximum absolute atomic E-state index is 12.4. The first kappa shape index (κ1) is 16.2. The van der Waals surface area contributed by atoms with Crippen LogP contribution >= 0.6 is 0 Å². The Morgan fingerprint density at radius 2 is 2.20 bits per heavy atom. The fourth-order valence-corrected chi connectivity index (χ4v) is 3.94. The Balaban J connectivity index is 1.39. The lowest BCUT2D eigenvalue weighted by molar-refractivity contribution is -0.130. The number of hydrogen-bond acceptors (Lipinski definition) is 6. The van der Waals surface area contributed by atoms with E-state index in [1.54, 1.807) is 0 Å². The molecule has 1 aromatic carbocycles. The largest absolute Gasteiger partial charge is 0.467 e. The first-order valence-corrected chi connectivity index (χ1v) is 8.55. The number of fused-ring (bicyclic) bond motifs is 2. The number of carbonyl (C=O) groups excluding carboxylic acids is 1. The summed E-state index contributed by atoms with van der Waals surface area (Å²) >= 11 is 0. The summed E-state index contributed by atoms with van der Waals surface area (Å²) in [5.41, 5.74) is 0.797. The average molecular weight is 342 g/mol. The summed E-state index contributed by atoms with van der Waals surface area (Å²) in [5, 5.41) is 3.91. The molecule has 0 radical (unpaired) electrons. The summed E-state index contributed by atoms with van der Waals surface area (Å²) in [6.07, 6.45) is 2.67. The lowest BCUT2D eigenvalue weighted by atomic mass is 9.71. The van der Waals surface area contributed by atoms with Crippen LogP contribution in [0.25, 0.3) is 10.9 Å². The minimum atomic E-state index is -0.134. The van der Waals surface area contributed by atoms with E-state index in [2.05, 4.69) is 20.2 Å². The first-order valence-electron chi connectivity index (χ1n) is 8.55. The zero-order valence-electron chi connectivity index (χ0n) is 14.4. The van der Waals surface area contributed by atoms with E-state index >= 15 is 0 Å². The van der Waals surface area contributed by atoms with Gasteiger partial charge in [0.2, 0.25) is 5.88 Å². The summed E-state index contributed by atoms with van der Waals surface area (Å²) < 4.78 is 11.4. The summed E-state index contributed by atoms with van der Waals surface area (Å²) in [6, 6.07) is 7.91. The maximum Gasteiger partial charge on any atom is 0.258 e. The Morgan fingerprint density at radius 3 is 3.04 bits per heavy atom. The molecule has 4 atom stereocenters. The van der Waals surface area contributed by atoms with Gasteiger partial charge in [-0.25, -0.2) is 9.97 Å². The Labute approximate surface area is 146 Å². The molecule has 1 aliphatic carbocycles. The molecule has 4 rings (SSSR count). The molecule has 0 bridgehead atoms. The molecule has 1 saturated heterocycles. The summed E-state index contributed by atoms with van der Waals surface area (Å²) in [5.74, 6) is 0.696. The second-order valence-corrected chi connectivity index (χ2v) is 6.82. The molecule has 2 fully saturated rings. The topological polar surface area (TPSA) is 76.6 Å². The molecule has 0 spiro atoms. The van der Waals surface area contributed by atoms with Crippen molar-refractivity contribution in [3.05, 3.63) is 30.6 Å². The molecular weight excluding hydrogens is 320 g/mol. The number of nitrogens with zero attached hydrogens (tertiary/aromatic N) is 3. The van der Waals surface area contributed by atoms with Crippen LogP contribution in [-0.4, -0.2) is 66.3 Å². The van der Waals surface area contributed by atoms with E-state index in [1.807, 2.05) is 38.4 Å². The van der Waals surface area contributed by atoms with Gasteiger partial charge in [-0.3, -0.25) is 4.79 Å². The van der Waals surface area contributed by atoms with Crippen LogP contribution in [-0.2, 0) is 9.53 Å². The third kappa shape index (κ3) is 2.94. The van der Waals surface area contributed by atoms with Gasteiger partial charge in [-0.05, 0) is 32.6 Å². The van der Waals surface area contributed by atoms with E-state index in [1.165, 1.54) is 6.33 Å². The van der Waals surface area contributed by atoms with Gasteiger partial charge in [-0.2, -0.15) is 0 Å². The summed E-state index contributed by atoms with van der Waals surface area (Å²) in [6.45, 7) is 0.714. The molecule has 1 saturated carbocycles. The predicted octanol–water partition coefficient (Wildman–Crippen LogP) is 0.842. The van der Waals surface area contributed by atoms with E-state index in [9.17, 15) is 4.79 Å². The molecule has 132 valence electrons. The van der Waals surface area contributed by atoms with Crippen LogP contribution in [0.15, 0.2) is 30.6 Å². The van der Waals surface area contributed by atoms with Gasteiger partial charge in [0.1, 0.15) is 6.33 Å². The molecule has 2 aromatic rings. The number of nitrogens with one attached hydrogen (secondary N) is 1. The van der Waals surface area contributed by atoms with Crippen molar-refractivity contribution >= 4 is 16.8 Å². The molecule has 7 nitrogen and oxygen atoms in total. The highest BCUT2D eigenvalue weighted by atomic mass is 16.5. The molecule has 1 aromatic heterocycles. The molecular formula is C18H22N4O3. The van der Waals surface area contributed by atoms with Crippen LogP contribution < -0.4 is 10.1 Å². The third-order valence-electron chi connectivity index (χ3n) is 5.12. The van der Waals surface area contributed by atoms with E-state index < -0.39 is 0 Å². The lowest BCUT2D eigenvalue weighted by Gasteiger charge is -2.50. The van der Waals surface area contributed by atoms with Crippen LogP contribution in [0.3, 0.4) is 0 Å². The fourth-order valence-electron chi connectivity index (χ4n) is 3.94. The SMILES string of the molecule is CN(C)[C@@H]1[C@@H](NC(=O)COc2ncnc3ccccc23)[C@H]2CCO[C@H]21. The molecule has 2 heterocycles. The van der Waals surface area contributed by atoms with Crippen molar-refractivity contribution < 1.29 is 14.3 Å². The quantitative estimate of drug-likeness (QED) is 0.868. The van der Waals surface area contributed by atoms with Crippen LogP contribution in [0.4, 0.5) is 0 Å². The number of amides is 1. The number of rotatable bonds is 5.